The molecule has 0 saturated carbocycles. The summed E-state index contributed by atoms with van der Waals surface area (Å²) in [5.74, 6) is 0.677. The van der Waals surface area contributed by atoms with E-state index in [0.29, 0.717) is 19.0 Å². The van der Waals surface area contributed by atoms with Gasteiger partial charge in [0.1, 0.15) is 11.9 Å². The highest BCUT2D eigenvalue weighted by Crippen LogP contribution is 2.24. The van der Waals surface area contributed by atoms with Crippen LogP contribution in [0.25, 0.3) is 0 Å². The predicted octanol–water partition coefficient (Wildman–Crippen LogP) is 2.17. The molecule has 0 aromatic heterocycles. The number of rotatable bonds is 9. The number of aliphatic hydroxyl groups is 1. The lowest BCUT2D eigenvalue weighted by molar-refractivity contribution is 0.00263. The zero-order valence-electron chi connectivity index (χ0n) is 11.1. The third kappa shape index (κ3) is 5.04. The van der Waals surface area contributed by atoms with Crippen LogP contribution in [0.2, 0.25) is 0 Å². The molecule has 18 heavy (non-hydrogen) atoms. The topological polar surface area (TPSA) is 47.9 Å². The summed E-state index contributed by atoms with van der Waals surface area (Å²) < 4.78 is 15.8. The van der Waals surface area contributed by atoms with Gasteiger partial charge >= 0.3 is 0 Å². The number of hydrogen-bond donors (Lipinski definition) is 1. The van der Waals surface area contributed by atoms with Crippen LogP contribution in [0, 0.1) is 0 Å². The van der Waals surface area contributed by atoms with Crippen LogP contribution in [0.15, 0.2) is 24.3 Å². The van der Waals surface area contributed by atoms with Crippen LogP contribution in [0.3, 0.4) is 0 Å². The van der Waals surface area contributed by atoms with E-state index in [1.54, 1.807) is 7.11 Å². The zero-order valence-corrected chi connectivity index (χ0v) is 11.1. The molecule has 4 nitrogen and oxygen atoms in total. The number of ether oxygens (including phenoxy) is 3. The first kappa shape index (κ1) is 15.0. The Bertz CT molecular complexity index is 327. The van der Waals surface area contributed by atoms with E-state index in [2.05, 4.69) is 6.92 Å². The first-order chi connectivity index (χ1) is 8.79. The quantitative estimate of drug-likeness (QED) is 0.686. The van der Waals surface area contributed by atoms with E-state index < -0.39 is 6.10 Å². The average Bonchev–Trinajstić information content (AvgIpc) is 2.42. The van der Waals surface area contributed by atoms with E-state index in [-0.39, 0.29) is 6.61 Å². The standard InChI is InChI=1S/C14H22O4/c1-3-8-17-9-10-18-11-13(15)12-6-4-5-7-14(12)16-2/h4-7,13,15H,3,8-11H2,1-2H3. The van der Waals surface area contributed by atoms with Crippen LogP contribution in [0.4, 0.5) is 0 Å². The maximum Gasteiger partial charge on any atom is 0.124 e. The van der Waals surface area contributed by atoms with Crippen molar-refractivity contribution in [2.75, 3.05) is 33.5 Å². The van der Waals surface area contributed by atoms with E-state index in [0.717, 1.165) is 18.6 Å². The van der Waals surface area contributed by atoms with Gasteiger partial charge in [0.15, 0.2) is 0 Å². The van der Waals surface area contributed by atoms with Gasteiger partial charge in [-0.25, -0.2) is 0 Å². The molecule has 1 unspecified atom stereocenters. The van der Waals surface area contributed by atoms with Crippen LogP contribution in [0.5, 0.6) is 5.75 Å². The van der Waals surface area contributed by atoms with Gasteiger partial charge in [-0.2, -0.15) is 0 Å². The maximum absolute atomic E-state index is 9.99. The van der Waals surface area contributed by atoms with Gasteiger partial charge in [0.25, 0.3) is 0 Å². The minimum absolute atomic E-state index is 0.246. The molecule has 0 fully saturated rings. The highest BCUT2D eigenvalue weighted by atomic mass is 16.5. The lowest BCUT2D eigenvalue weighted by Gasteiger charge is -2.14. The van der Waals surface area contributed by atoms with Crippen LogP contribution in [0.1, 0.15) is 25.0 Å². The Morgan fingerprint density at radius 1 is 1.11 bits per heavy atom. The van der Waals surface area contributed by atoms with Crippen molar-refractivity contribution in [2.45, 2.75) is 19.4 Å². The van der Waals surface area contributed by atoms with Gasteiger partial charge in [0.05, 0.1) is 26.9 Å². The van der Waals surface area contributed by atoms with E-state index in [1.165, 1.54) is 0 Å². The van der Waals surface area contributed by atoms with Gasteiger partial charge in [-0.15, -0.1) is 0 Å². The van der Waals surface area contributed by atoms with Crippen LogP contribution in [-0.4, -0.2) is 38.6 Å². The molecule has 0 heterocycles. The Labute approximate surface area is 108 Å². The molecule has 0 amide bonds. The van der Waals surface area contributed by atoms with Crippen molar-refractivity contribution < 1.29 is 19.3 Å². The van der Waals surface area contributed by atoms with Gasteiger partial charge in [-0.3, -0.25) is 0 Å². The van der Waals surface area contributed by atoms with Crippen molar-refractivity contribution >= 4 is 0 Å². The Morgan fingerprint density at radius 3 is 2.56 bits per heavy atom. The third-order valence-electron chi connectivity index (χ3n) is 2.49. The van der Waals surface area contributed by atoms with Crippen molar-refractivity contribution in [3.8, 4) is 5.75 Å². The summed E-state index contributed by atoms with van der Waals surface area (Å²) in [6, 6.07) is 7.39. The molecule has 1 aromatic carbocycles. The second kappa shape index (κ2) is 8.91. The van der Waals surface area contributed by atoms with Crippen molar-refractivity contribution in [1.29, 1.82) is 0 Å². The van der Waals surface area contributed by atoms with Gasteiger partial charge < -0.3 is 19.3 Å². The van der Waals surface area contributed by atoms with Crippen molar-refractivity contribution in [3.63, 3.8) is 0 Å². The van der Waals surface area contributed by atoms with Gasteiger partial charge in [0, 0.05) is 12.2 Å². The number of hydrogen-bond acceptors (Lipinski definition) is 4. The fourth-order valence-electron chi connectivity index (χ4n) is 1.59. The first-order valence-corrected chi connectivity index (χ1v) is 6.26. The maximum atomic E-state index is 9.99. The Kier molecular flexibility index (Phi) is 7.41. The molecular formula is C14H22O4. The van der Waals surface area contributed by atoms with Gasteiger partial charge in [-0.1, -0.05) is 25.1 Å². The number of para-hydroxylation sites is 1. The molecule has 0 spiro atoms. The second-order valence-corrected chi connectivity index (χ2v) is 3.95. The summed E-state index contributed by atoms with van der Waals surface area (Å²) in [5, 5.41) is 9.99. The zero-order chi connectivity index (χ0) is 13.2. The molecule has 0 aliphatic carbocycles. The summed E-state index contributed by atoms with van der Waals surface area (Å²) in [6.45, 7) is 4.11. The molecule has 0 radical (unpaired) electrons. The lowest BCUT2D eigenvalue weighted by atomic mass is 10.1. The van der Waals surface area contributed by atoms with E-state index in [4.69, 9.17) is 14.2 Å². The van der Waals surface area contributed by atoms with Crippen molar-refractivity contribution in [2.24, 2.45) is 0 Å². The van der Waals surface area contributed by atoms with E-state index in [9.17, 15) is 5.11 Å². The SMILES string of the molecule is CCCOCCOCC(O)c1ccccc1OC. The molecule has 102 valence electrons. The predicted molar refractivity (Wildman–Crippen MR) is 69.9 cm³/mol. The minimum atomic E-state index is -0.674. The largest absolute Gasteiger partial charge is 0.496 e. The summed E-state index contributed by atoms with van der Waals surface area (Å²) in [7, 11) is 1.59. The average molecular weight is 254 g/mol. The minimum Gasteiger partial charge on any atom is -0.496 e. The fraction of sp³-hybridized carbons (Fsp3) is 0.571. The molecule has 1 rings (SSSR count). The monoisotopic (exact) mass is 254 g/mol. The fourth-order valence-corrected chi connectivity index (χ4v) is 1.59. The van der Waals surface area contributed by atoms with Crippen LogP contribution in [-0.2, 0) is 9.47 Å². The number of methoxy groups -OCH3 is 1. The Balaban J connectivity index is 2.29. The molecule has 1 atom stereocenters. The number of benzene rings is 1. The molecule has 0 aliphatic rings. The van der Waals surface area contributed by atoms with Gasteiger partial charge in [0.2, 0.25) is 0 Å². The normalized spacial score (nSPS) is 12.4. The Morgan fingerprint density at radius 2 is 1.83 bits per heavy atom. The van der Waals surface area contributed by atoms with Crippen LogP contribution < -0.4 is 4.74 Å². The van der Waals surface area contributed by atoms with Gasteiger partial charge in [-0.05, 0) is 12.5 Å². The highest BCUT2D eigenvalue weighted by molar-refractivity contribution is 5.34. The first-order valence-electron chi connectivity index (χ1n) is 6.26. The molecular weight excluding hydrogens is 232 g/mol. The number of aliphatic hydroxyl groups excluding tert-OH is 1. The second-order valence-electron chi connectivity index (χ2n) is 3.95. The van der Waals surface area contributed by atoms with E-state index >= 15 is 0 Å². The summed E-state index contributed by atoms with van der Waals surface area (Å²) in [5.41, 5.74) is 0.745. The smallest absolute Gasteiger partial charge is 0.124 e. The molecule has 1 N–H and O–H groups in total. The molecule has 0 aliphatic heterocycles. The van der Waals surface area contributed by atoms with Crippen LogP contribution >= 0.6 is 0 Å². The molecule has 0 saturated heterocycles. The highest BCUT2D eigenvalue weighted by Gasteiger charge is 2.12. The molecule has 0 bridgehead atoms. The van der Waals surface area contributed by atoms with E-state index in [1.807, 2.05) is 24.3 Å². The summed E-state index contributed by atoms with van der Waals surface area (Å²) >= 11 is 0. The van der Waals surface area contributed by atoms with Crippen molar-refractivity contribution in [3.05, 3.63) is 29.8 Å². The summed E-state index contributed by atoms with van der Waals surface area (Å²) in [6.07, 6.45) is 0.330. The summed E-state index contributed by atoms with van der Waals surface area (Å²) in [4.78, 5) is 0. The third-order valence-corrected chi connectivity index (χ3v) is 2.49. The molecule has 4 heteroatoms. The Hall–Kier alpha value is -1.10. The van der Waals surface area contributed by atoms with Crippen molar-refractivity contribution in [1.82, 2.24) is 0 Å². The molecule has 1 aromatic rings. The lowest BCUT2D eigenvalue weighted by Crippen LogP contribution is -2.12.